The number of hydrazone groups is 1. The summed E-state index contributed by atoms with van der Waals surface area (Å²) in [7, 11) is 1.68. The molecule has 0 aliphatic carbocycles. The molecule has 1 heterocycles. The smallest absolute Gasteiger partial charge is 0.288 e. The molecule has 0 radical (unpaired) electrons. The summed E-state index contributed by atoms with van der Waals surface area (Å²) in [5.41, 5.74) is 8.14. The van der Waals surface area contributed by atoms with Crippen molar-refractivity contribution in [3.05, 3.63) is 35.0 Å². The molecule has 1 aromatic carbocycles. The number of imide groups is 1. The highest BCUT2D eigenvalue weighted by atomic mass is 35.5. The van der Waals surface area contributed by atoms with E-state index < -0.39 is 11.6 Å². The Kier molecular flexibility index (Phi) is 10.8. The number of carbonyl (C=O) groups is 2. The van der Waals surface area contributed by atoms with Gasteiger partial charge in [0.2, 0.25) is 12.1 Å². The lowest BCUT2D eigenvalue weighted by atomic mass is 10.2. The van der Waals surface area contributed by atoms with Crippen LogP contribution in [0.25, 0.3) is 0 Å². The van der Waals surface area contributed by atoms with Crippen LogP contribution in [0.15, 0.2) is 29.5 Å². The minimum absolute atomic E-state index is 0.0245. The van der Waals surface area contributed by atoms with Gasteiger partial charge in [0.25, 0.3) is 5.91 Å². The molecule has 2 rings (SSSR count). The van der Waals surface area contributed by atoms with E-state index in [2.05, 4.69) is 20.2 Å². The molecule has 0 unspecified atom stereocenters. The SMILES string of the molecule is CC(=N)c1cc(Oc2c(O)cc(N/N=C(\C#N)C(=O)NC=O)cc2Cl)cnc1N.CCOC. The normalized spacial score (nSPS) is 10.2. The van der Waals surface area contributed by atoms with Gasteiger partial charge in [-0.25, -0.2) is 4.98 Å². The summed E-state index contributed by atoms with van der Waals surface area (Å²) >= 11 is 6.13. The van der Waals surface area contributed by atoms with Gasteiger partial charge in [-0.1, -0.05) is 11.6 Å². The van der Waals surface area contributed by atoms with Crippen LogP contribution < -0.4 is 21.2 Å². The zero-order valence-corrected chi connectivity index (χ0v) is 18.7. The number of rotatable bonds is 8. The lowest BCUT2D eigenvalue weighted by Gasteiger charge is -2.12. The van der Waals surface area contributed by atoms with Crippen LogP contribution in [0.2, 0.25) is 5.02 Å². The number of nitrogen functional groups attached to an aromatic ring is 1. The van der Waals surface area contributed by atoms with Crippen molar-refractivity contribution in [2.75, 3.05) is 24.9 Å². The molecule has 13 heteroatoms. The molecule has 0 saturated carbocycles. The first kappa shape index (κ1) is 26.8. The molecule has 2 amide bonds. The summed E-state index contributed by atoms with van der Waals surface area (Å²) in [6.07, 6.45) is 1.42. The fraction of sp³-hybridized carbons (Fsp3) is 0.200. The molecule has 174 valence electrons. The van der Waals surface area contributed by atoms with Crippen molar-refractivity contribution in [2.24, 2.45) is 5.10 Å². The number of hydrogen-bond acceptors (Lipinski definition) is 11. The van der Waals surface area contributed by atoms with Crippen LogP contribution in [0.4, 0.5) is 11.5 Å². The van der Waals surface area contributed by atoms with E-state index >= 15 is 0 Å². The fourth-order valence-corrected chi connectivity index (χ4v) is 2.30. The number of aromatic hydroxyl groups is 1. The number of ether oxygens (including phenoxy) is 2. The van der Waals surface area contributed by atoms with Crippen molar-refractivity contribution >= 4 is 46.8 Å². The summed E-state index contributed by atoms with van der Waals surface area (Å²) in [4.78, 5) is 25.6. The van der Waals surface area contributed by atoms with Crippen molar-refractivity contribution in [3.8, 4) is 23.3 Å². The largest absolute Gasteiger partial charge is 0.504 e. The van der Waals surface area contributed by atoms with Crippen LogP contribution >= 0.6 is 11.6 Å². The van der Waals surface area contributed by atoms with Crippen LogP contribution in [0.5, 0.6) is 17.2 Å². The number of anilines is 2. The van der Waals surface area contributed by atoms with E-state index in [0.29, 0.717) is 5.56 Å². The Bertz CT molecular complexity index is 1070. The standard InChI is InChI=1S/C17H14ClN7O4.C3H8O/c1-8(20)11-4-10(6-22-16(11)21)29-15-12(18)2-9(3-14(15)27)24-25-13(5-19)17(28)23-7-26;1-3-4-2/h2-4,6-7,20,24,27H,1H3,(H2,21,22)(H,23,26,28);3H2,1-2H3/b20-8?,25-13+;. The summed E-state index contributed by atoms with van der Waals surface area (Å²) in [5.74, 6) is -1.13. The van der Waals surface area contributed by atoms with Crippen LogP contribution in [0.3, 0.4) is 0 Å². The lowest BCUT2D eigenvalue weighted by Crippen LogP contribution is -2.29. The first-order valence-electron chi connectivity index (χ1n) is 9.17. The molecular formula is C20H22ClN7O5. The number of nitrogens with zero attached hydrogens (tertiary/aromatic N) is 3. The van der Waals surface area contributed by atoms with Crippen LogP contribution in [0, 0.1) is 16.7 Å². The average molecular weight is 476 g/mol. The van der Waals surface area contributed by atoms with Crippen LogP contribution in [0.1, 0.15) is 19.4 Å². The summed E-state index contributed by atoms with van der Waals surface area (Å²) in [5, 5.41) is 32.0. The van der Waals surface area contributed by atoms with Gasteiger partial charge in [0.15, 0.2) is 11.5 Å². The Morgan fingerprint density at radius 1 is 1.45 bits per heavy atom. The minimum atomic E-state index is -1.00. The summed E-state index contributed by atoms with van der Waals surface area (Å²) < 4.78 is 10.1. The predicted molar refractivity (Wildman–Crippen MR) is 123 cm³/mol. The number of nitrogens with two attached hydrogens (primary N) is 1. The van der Waals surface area contributed by atoms with Gasteiger partial charge >= 0.3 is 0 Å². The molecule has 0 fully saturated rings. The zero-order valence-electron chi connectivity index (χ0n) is 18.0. The number of phenols is 1. The summed E-state index contributed by atoms with van der Waals surface area (Å²) in [6.45, 7) is 4.31. The monoisotopic (exact) mass is 475 g/mol. The Hall–Kier alpha value is -4.21. The number of benzene rings is 1. The molecule has 0 aliphatic rings. The molecule has 0 saturated heterocycles. The van der Waals surface area contributed by atoms with Crippen LogP contribution in [-0.2, 0) is 14.3 Å². The average Bonchev–Trinajstić information content (AvgIpc) is 2.78. The highest BCUT2D eigenvalue weighted by Gasteiger charge is 2.15. The number of phenolic OH excluding ortho intramolecular Hbond substituents is 1. The molecular weight excluding hydrogens is 454 g/mol. The maximum absolute atomic E-state index is 11.4. The number of nitriles is 1. The number of hydrogen-bond donors (Lipinski definition) is 5. The maximum Gasteiger partial charge on any atom is 0.288 e. The Balaban J connectivity index is 0.00000125. The van der Waals surface area contributed by atoms with Gasteiger partial charge in [-0.2, -0.15) is 10.4 Å². The Morgan fingerprint density at radius 3 is 2.64 bits per heavy atom. The number of amides is 2. The van der Waals surface area contributed by atoms with Crippen molar-refractivity contribution in [1.82, 2.24) is 10.3 Å². The zero-order chi connectivity index (χ0) is 25.0. The maximum atomic E-state index is 11.4. The highest BCUT2D eigenvalue weighted by Crippen LogP contribution is 2.40. The second kappa shape index (κ2) is 13.3. The highest BCUT2D eigenvalue weighted by molar-refractivity contribution is 6.46. The van der Waals surface area contributed by atoms with Crippen molar-refractivity contribution < 1.29 is 24.2 Å². The van der Waals surface area contributed by atoms with Gasteiger partial charge in [-0.3, -0.25) is 20.3 Å². The molecule has 0 aliphatic heterocycles. The van der Waals surface area contributed by atoms with Gasteiger partial charge in [0, 0.05) is 31.1 Å². The minimum Gasteiger partial charge on any atom is -0.504 e. The number of methoxy groups -OCH3 is 1. The van der Waals surface area contributed by atoms with Gasteiger partial charge in [0.1, 0.15) is 17.6 Å². The van der Waals surface area contributed by atoms with Crippen molar-refractivity contribution in [2.45, 2.75) is 13.8 Å². The van der Waals surface area contributed by atoms with Gasteiger partial charge < -0.3 is 25.7 Å². The summed E-state index contributed by atoms with van der Waals surface area (Å²) in [6, 6.07) is 5.49. The predicted octanol–water partition coefficient (Wildman–Crippen LogP) is 2.42. The number of halogens is 1. The molecule has 1 aromatic heterocycles. The molecule has 0 atom stereocenters. The number of pyridine rings is 1. The molecule has 12 nitrogen and oxygen atoms in total. The Labute approximate surface area is 194 Å². The number of aromatic nitrogens is 1. The topological polar surface area (TPSA) is 196 Å². The van der Waals surface area contributed by atoms with E-state index in [1.54, 1.807) is 12.4 Å². The number of nitrogens with one attached hydrogen (secondary N) is 3. The first-order valence-corrected chi connectivity index (χ1v) is 9.54. The second-order valence-corrected chi connectivity index (χ2v) is 6.40. The molecule has 0 bridgehead atoms. The first-order chi connectivity index (χ1) is 15.7. The van der Waals surface area contributed by atoms with E-state index in [1.807, 2.05) is 6.92 Å². The van der Waals surface area contributed by atoms with Gasteiger partial charge in [-0.05, 0) is 26.0 Å². The third kappa shape index (κ3) is 8.09. The van der Waals surface area contributed by atoms with Crippen LogP contribution in [-0.4, -0.2) is 47.5 Å². The van der Waals surface area contributed by atoms with E-state index in [1.165, 1.54) is 37.4 Å². The van der Waals surface area contributed by atoms with E-state index in [0.717, 1.165) is 6.61 Å². The van der Waals surface area contributed by atoms with Crippen molar-refractivity contribution in [1.29, 1.82) is 10.7 Å². The lowest BCUT2D eigenvalue weighted by molar-refractivity contribution is -0.120. The van der Waals surface area contributed by atoms with E-state index in [4.69, 9.17) is 32.7 Å². The third-order valence-corrected chi connectivity index (χ3v) is 3.92. The van der Waals surface area contributed by atoms with E-state index in [9.17, 15) is 14.7 Å². The van der Waals surface area contributed by atoms with Crippen molar-refractivity contribution in [3.63, 3.8) is 0 Å². The fourth-order valence-electron chi connectivity index (χ4n) is 2.04. The molecule has 6 N–H and O–H groups in total. The molecule has 0 spiro atoms. The number of carbonyl (C=O) groups excluding carboxylic acids is 2. The Morgan fingerprint density at radius 2 is 2.12 bits per heavy atom. The molecule has 2 aromatic rings. The van der Waals surface area contributed by atoms with Gasteiger partial charge in [-0.15, -0.1) is 0 Å². The van der Waals surface area contributed by atoms with Gasteiger partial charge in [0.05, 0.1) is 16.9 Å². The molecule has 33 heavy (non-hydrogen) atoms. The third-order valence-electron chi connectivity index (χ3n) is 3.64. The van der Waals surface area contributed by atoms with E-state index in [-0.39, 0.29) is 45.9 Å². The second-order valence-electron chi connectivity index (χ2n) is 5.99. The quantitative estimate of drug-likeness (QED) is 0.216.